The van der Waals surface area contributed by atoms with Crippen molar-refractivity contribution in [3.8, 4) is 11.1 Å². The van der Waals surface area contributed by atoms with Crippen molar-refractivity contribution in [1.29, 1.82) is 0 Å². The van der Waals surface area contributed by atoms with Crippen molar-refractivity contribution in [1.82, 2.24) is 20.2 Å². The molecule has 1 aromatic carbocycles. The van der Waals surface area contributed by atoms with E-state index in [9.17, 15) is 9.18 Å². The molecule has 0 aliphatic rings. The minimum Gasteiger partial charge on any atom is -0.319 e. The number of hydrogen-bond acceptors (Lipinski definition) is 4. The maximum atomic E-state index is 13.5. The molecular formula is C22H16FN5O. The number of rotatable bonds is 5. The lowest BCUT2D eigenvalue weighted by Gasteiger charge is -2.07. The van der Waals surface area contributed by atoms with Crippen molar-refractivity contribution in [2.24, 2.45) is 0 Å². The molecule has 4 rings (SSSR count). The van der Waals surface area contributed by atoms with Crippen LogP contribution in [0.5, 0.6) is 0 Å². The lowest BCUT2D eigenvalue weighted by molar-refractivity contribution is 0.102. The number of H-pyrrole nitrogens is 1. The Morgan fingerprint density at radius 2 is 1.93 bits per heavy atom. The van der Waals surface area contributed by atoms with Crippen LogP contribution in [0.4, 0.5) is 10.1 Å². The van der Waals surface area contributed by atoms with Gasteiger partial charge in [-0.2, -0.15) is 5.10 Å². The van der Waals surface area contributed by atoms with Gasteiger partial charge in [0.2, 0.25) is 0 Å². The number of aromatic nitrogens is 4. The number of carbonyl (C=O) groups is 1. The lowest BCUT2D eigenvalue weighted by Crippen LogP contribution is -2.13. The van der Waals surface area contributed by atoms with Crippen molar-refractivity contribution >= 4 is 23.7 Å². The molecule has 1 amide bonds. The molecule has 0 bridgehead atoms. The van der Waals surface area contributed by atoms with Gasteiger partial charge in [-0.05, 0) is 35.4 Å². The van der Waals surface area contributed by atoms with Gasteiger partial charge in [0.25, 0.3) is 5.91 Å². The van der Waals surface area contributed by atoms with Gasteiger partial charge in [0.1, 0.15) is 5.82 Å². The van der Waals surface area contributed by atoms with Gasteiger partial charge in [-0.15, -0.1) is 0 Å². The van der Waals surface area contributed by atoms with E-state index in [1.54, 1.807) is 49.1 Å². The lowest BCUT2D eigenvalue weighted by atomic mass is 10.1. The van der Waals surface area contributed by atoms with Gasteiger partial charge < -0.3 is 5.32 Å². The first-order valence-electron chi connectivity index (χ1n) is 8.83. The van der Waals surface area contributed by atoms with E-state index in [1.165, 1.54) is 18.3 Å². The van der Waals surface area contributed by atoms with E-state index in [-0.39, 0.29) is 17.4 Å². The van der Waals surface area contributed by atoms with E-state index in [4.69, 9.17) is 0 Å². The van der Waals surface area contributed by atoms with E-state index in [1.807, 2.05) is 18.2 Å². The van der Waals surface area contributed by atoms with Crippen molar-refractivity contribution < 1.29 is 9.18 Å². The van der Waals surface area contributed by atoms with Gasteiger partial charge in [-0.25, -0.2) is 4.39 Å². The smallest absolute Gasteiger partial charge is 0.276 e. The highest BCUT2D eigenvalue weighted by molar-refractivity contribution is 6.05. The first-order chi connectivity index (χ1) is 14.2. The Morgan fingerprint density at radius 1 is 1.00 bits per heavy atom. The van der Waals surface area contributed by atoms with Gasteiger partial charge >= 0.3 is 0 Å². The topological polar surface area (TPSA) is 83.6 Å². The van der Waals surface area contributed by atoms with Crippen LogP contribution >= 0.6 is 0 Å². The third kappa shape index (κ3) is 4.41. The molecule has 4 aromatic rings. The Hall–Kier alpha value is -4.13. The number of aromatic amines is 1. The van der Waals surface area contributed by atoms with E-state index in [0.717, 1.165) is 5.56 Å². The largest absolute Gasteiger partial charge is 0.319 e. The zero-order valence-electron chi connectivity index (χ0n) is 15.2. The van der Waals surface area contributed by atoms with Crippen molar-refractivity contribution in [2.45, 2.75) is 0 Å². The second-order valence-electron chi connectivity index (χ2n) is 6.24. The highest BCUT2D eigenvalue weighted by Gasteiger charge is 2.14. The molecule has 0 unspecified atom stereocenters. The summed E-state index contributed by atoms with van der Waals surface area (Å²) >= 11 is 0. The van der Waals surface area contributed by atoms with Crippen LogP contribution in [0.15, 0.2) is 73.4 Å². The monoisotopic (exact) mass is 385 g/mol. The van der Waals surface area contributed by atoms with Gasteiger partial charge in [-0.3, -0.25) is 19.9 Å². The number of nitrogens with zero attached hydrogens (tertiary/aromatic N) is 3. The Morgan fingerprint density at radius 3 is 2.76 bits per heavy atom. The third-order valence-corrected chi connectivity index (χ3v) is 4.18. The van der Waals surface area contributed by atoms with Crippen LogP contribution in [0.1, 0.15) is 21.6 Å². The minimum atomic E-state index is -0.379. The molecule has 3 aromatic heterocycles. The first kappa shape index (κ1) is 18.2. The maximum absolute atomic E-state index is 13.5. The Balaban J connectivity index is 1.53. The molecule has 0 aliphatic carbocycles. The van der Waals surface area contributed by atoms with Crippen LogP contribution in [-0.2, 0) is 0 Å². The first-order valence-corrected chi connectivity index (χ1v) is 8.83. The van der Waals surface area contributed by atoms with Crippen LogP contribution in [0.3, 0.4) is 0 Å². The standard InChI is InChI=1S/C22H16FN5O/c23-19-5-1-4-16(9-19)18-10-20(14-25-12-18)27-22(29)21-17(13-26-28-21)7-6-15-3-2-8-24-11-15/h1-14H,(H,26,28)(H,27,29)/b7-6+. The predicted octanol–water partition coefficient (Wildman–Crippen LogP) is 4.43. The number of benzene rings is 1. The van der Waals surface area contributed by atoms with Crippen molar-refractivity contribution in [3.05, 3.63) is 96.1 Å². The molecule has 0 fully saturated rings. The summed E-state index contributed by atoms with van der Waals surface area (Å²) in [4.78, 5) is 20.9. The number of anilines is 1. The van der Waals surface area contributed by atoms with Crippen molar-refractivity contribution in [2.75, 3.05) is 5.32 Å². The van der Waals surface area contributed by atoms with Crippen LogP contribution in [0, 0.1) is 5.82 Å². The summed E-state index contributed by atoms with van der Waals surface area (Å²) < 4.78 is 13.5. The number of halogens is 1. The summed E-state index contributed by atoms with van der Waals surface area (Å²) in [5, 5.41) is 9.54. The van der Waals surface area contributed by atoms with Crippen LogP contribution in [-0.4, -0.2) is 26.1 Å². The van der Waals surface area contributed by atoms with Crippen LogP contribution < -0.4 is 5.32 Å². The fourth-order valence-corrected chi connectivity index (χ4v) is 2.79. The van der Waals surface area contributed by atoms with Crippen molar-refractivity contribution in [3.63, 3.8) is 0 Å². The highest BCUT2D eigenvalue weighted by atomic mass is 19.1. The fraction of sp³-hybridized carbons (Fsp3) is 0. The minimum absolute atomic E-state index is 0.251. The number of nitrogens with one attached hydrogen (secondary N) is 2. The average Bonchev–Trinajstić information content (AvgIpc) is 3.22. The summed E-state index contributed by atoms with van der Waals surface area (Å²) in [5.74, 6) is -0.714. The Bertz CT molecular complexity index is 1170. The highest BCUT2D eigenvalue weighted by Crippen LogP contribution is 2.22. The summed E-state index contributed by atoms with van der Waals surface area (Å²) in [6, 6.07) is 11.7. The van der Waals surface area contributed by atoms with E-state index in [0.29, 0.717) is 22.4 Å². The fourth-order valence-electron chi connectivity index (χ4n) is 2.79. The molecular weight excluding hydrogens is 369 g/mol. The SMILES string of the molecule is O=C(Nc1cncc(-c2cccc(F)c2)c1)c1n[nH]cc1/C=C/c1cccnc1. The van der Waals surface area contributed by atoms with Gasteiger partial charge in [0.05, 0.1) is 11.9 Å². The summed E-state index contributed by atoms with van der Waals surface area (Å²) in [6.07, 6.45) is 11.8. The third-order valence-electron chi connectivity index (χ3n) is 4.18. The molecule has 29 heavy (non-hydrogen) atoms. The molecule has 0 spiro atoms. The Kier molecular flexibility index (Phi) is 5.20. The molecule has 7 heteroatoms. The Labute approximate surface area is 166 Å². The summed E-state index contributed by atoms with van der Waals surface area (Å²) in [6.45, 7) is 0. The second-order valence-corrected chi connectivity index (χ2v) is 6.24. The number of hydrogen-bond donors (Lipinski definition) is 2. The molecule has 0 saturated heterocycles. The van der Waals surface area contributed by atoms with E-state index < -0.39 is 0 Å². The zero-order valence-corrected chi connectivity index (χ0v) is 15.2. The molecule has 6 nitrogen and oxygen atoms in total. The van der Waals surface area contributed by atoms with Gasteiger partial charge in [0.15, 0.2) is 5.69 Å². The molecule has 3 heterocycles. The summed E-state index contributed by atoms with van der Waals surface area (Å²) in [7, 11) is 0. The number of carbonyl (C=O) groups excluding carboxylic acids is 1. The molecule has 142 valence electrons. The quantitative estimate of drug-likeness (QED) is 0.532. The molecule has 0 atom stereocenters. The van der Waals surface area contributed by atoms with Crippen LogP contribution in [0.25, 0.3) is 23.3 Å². The van der Waals surface area contributed by atoms with Crippen LogP contribution in [0.2, 0.25) is 0 Å². The molecule has 0 aliphatic heterocycles. The normalized spacial score (nSPS) is 10.9. The van der Waals surface area contributed by atoms with Gasteiger partial charge in [-0.1, -0.05) is 30.4 Å². The van der Waals surface area contributed by atoms with Gasteiger partial charge in [0, 0.05) is 35.9 Å². The zero-order chi connectivity index (χ0) is 20.1. The maximum Gasteiger partial charge on any atom is 0.276 e. The predicted molar refractivity (Wildman–Crippen MR) is 109 cm³/mol. The molecule has 0 saturated carbocycles. The van der Waals surface area contributed by atoms with E-state index in [2.05, 4.69) is 25.5 Å². The number of pyridine rings is 2. The van der Waals surface area contributed by atoms with E-state index >= 15 is 0 Å². The second kappa shape index (κ2) is 8.26. The average molecular weight is 385 g/mol. The summed E-state index contributed by atoms with van der Waals surface area (Å²) in [5.41, 5.74) is 3.66. The molecule has 0 radical (unpaired) electrons. The number of amides is 1. The molecule has 2 N–H and O–H groups in total.